The number of methoxy groups -OCH3 is 1. The van der Waals surface area contributed by atoms with Gasteiger partial charge >= 0.3 is 0 Å². The molecule has 0 bridgehead atoms. The third kappa shape index (κ3) is 2.51. The number of nitrogens with zero attached hydrogens (tertiary/aromatic N) is 1. The van der Waals surface area contributed by atoms with Gasteiger partial charge in [-0.3, -0.25) is 4.98 Å². The Morgan fingerprint density at radius 1 is 1.58 bits per heavy atom. The first kappa shape index (κ1) is 9.00. The number of rotatable bonds is 4. The van der Waals surface area contributed by atoms with E-state index in [2.05, 4.69) is 17.2 Å². The number of anilines is 1. The van der Waals surface area contributed by atoms with Crippen molar-refractivity contribution in [2.75, 3.05) is 25.6 Å². The predicted octanol–water partition coefficient (Wildman–Crippen LogP) is 1.45. The van der Waals surface area contributed by atoms with Crippen LogP contribution in [-0.4, -0.2) is 25.2 Å². The molecule has 0 aliphatic heterocycles. The summed E-state index contributed by atoms with van der Waals surface area (Å²) in [6, 6.07) is 1.98. The van der Waals surface area contributed by atoms with Crippen molar-refractivity contribution < 1.29 is 4.74 Å². The van der Waals surface area contributed by atoms with Crippen LogP contribution in [0.25, 0.3) is 0 Å². The largest absolute Gasteiger partial charge is 0.383 e. The van der Waals surface area contributed by atoms with Crippen molar-refractivity contribution in [3.8, 4) is 0 Å². The molecule has 0 radical (unpaired) electrons. The average molecular weight is 166 g/mol. The van der Waals surface area contributed by atoms with Crippen LogP contribution in [0.4, 0.5) is 5.69 Å². The van der Waals surface area contributed by atoms with Crippen molar-refractivity contribution >= 4 is 5.69 Å². The van der Waals surface area contributed by atoms with E-state index in [0.717, 1.165) is 12.2 Å². The van der Waals surface area contributed by atoms with E-state index < -0.39 is 0 Å². The van der Waals surface area contributed by atoms with Gasteiger partial charge in [-0.15, -0.1) is 0 Å². The van der Waals surface area contributed by atoms with Gasteiger partial charge in [0.15, 0.2) is 0 Å². The van der Waals surface area contributed by atoms with Gasteiger partial charge in [-0.1, -0.05) is 0 Å². The fourth-order valence-corrected chi connectivity index (χ4v) is 0.937. The van der Waals surface area contributed by atoms with Gasteiger partial charge in [0.2, 0.25) is 0 Å². The van der Waals surface area contributed by atoms with Crippen molar-refractivity contribution in [2.24, 2.45) is 0 Å². The van der Waals surface area contributed by atoms with Gasteiger partial charge in [0.25, 0.3) is 0 Å². The summed E-state index contributed by atoms with van der Waals surface area (Å²) in [5.74, 6) is 0. The average Bonchev–Trinajstić information content (AvgIpc) is 2.09. The van der Waals surface area contributed by atoms with Crippen LogP contribution in [0.5, 0.6) is 0 Å². The first-order chi connectivity index (χ1) is 5.84. The Morgan fingerprint density at radius 2 is 2.42 bits per heavy atom. The smallest absolute Gasteiger partial charge is 0.0635 e. The fraction of sp³-hybridized carbons (Fsp3) is 0.444. The van der Waals surface area contributed by atoms with Crippen molar-refractivity contribution in [2.45, 2.75) is 6.92 Å². The monoisotopic (exact) mass is 166 g/mol. The second-order valence-corrected chi connectivity index (χ2v) is 2.61. The van der Waals surface area contributed by atoms with Crippen LogP contribution in [-0.2, 0) is 4.74 Å². The summed E-state index contributed by atoms with van der Waals surface area (Å²) in [6.45, 7) is 3.59. The first-order valence-corrected chi connectivity index (χ1v) is 3.98. The maximum absolute atomic E-state index is 4.92. The zero-order chi connectivity index (χ0) is 8.81. The van der Waals surface area contributed by atoms with E-state index in [-0.39, 0.29) is 0 Å². The highest BCUT2D eigenvalue weighted by Crippen LogP contribution is 2.10. The minimum absolute atomic E-state index is 0.717. The number of hydrogen-bond acceptors (Lipinski definition) is 3. The van der Waals surface area contributed by atoms with E-state index in [1.165, 1.54) is 5.56 Å². The molecule has 1 N–H and O–H groups in total. The van der Waals surface area contributed by atoms with Gasteiger partial charge < -0.3 is 10.1 Å². The summed E-state index contributed by atoms with van der Waals surface area (Å²) in [5, 5.41) is 3.23. The van der Waals surface area contributed by atoms with Crippen LogP contribution in [0.3, 0.4) is 0 Å². The number of aryl methyl sites for hydroxylation is 1. The Morgan fingerprint density at radius 3 is 3.08 bits per heavy atom. The van der Waals surface area contributed by atoms with Crippen LogP contribution in [0, 0.1) is 6.92 Å². The van der Waals surface area contributed by atoms with Crippen LogP contribution < -0.4 is 5.32 Å². The van der Waals surface area contributed by atoms with Gasteiger partial charge in [-0.2, -0.15) is 0 Å². The summed E-state index contributed by atoms with van der Waals surface area (Å²) >= 11 is 0. The fourth-order valence-electron chi connectivity index (χ4n) is 0.937. The van der Waals surface area contributed by atoms with Crippen LogP contribution in [0.1, 0.15) is 5.56 Å². The van der Waals surface area contributed by atoms with Crippen molar-refractivity contribution in [1.82, 2.24) is 4.98 Å². The Bertz CT molecular complexity index is 238. The van der Waals surface area contributed by atoms with Gasteiger partial charge in [0.05, 0.1) is 18.5 Å². The molecule has 0 atom stereocenters. The van der Waals surface area contributed by atoms with E-state index >= 15 is 0 Å². The molecule has 3 heteroatoms. The van der Waals surface area contributed by atoms with E-state index in [1.807, 2.05) is 12.3 Å². The Balaban J connectivity index is 2.46. The number of pyridine rings is 1. The van der Waals surface area contributed by atoms with Crippen molar-refractivity contribution in [3.63, 3.8) is 0 Å². The van der Waals surface area contributed by atoms with Crippen LogP contribution in [0.2, 0.25) is 0 Å². The highest BCUT2D eigenvalue weighted by Gasteiger charge is 1.94. The number of ether oxygens (including phenoxy) is 1. The molecular weight excluding hydrogens is 152 g/mol. The SMILES string of the molecule is COCCNc1cnccc1C. The molecule has 0 amide bonds. The molecule has 0 fully saturated rings. The number of hydrogen-bond donors (Lipinski definition) is 1. The Hall–Kier alpha value is -1.09. The predicted molar refractivity (Wildman–Crippen MR) is 49.3 cm³/mol. The molecule has 0 aliphatic carbocycles. The van der Waals surface area contributed by atoms with Gasteiger partial charge in [0.1, 0.15) is 0 Å². The lowest BCUT2D eigenvalue weighted by molar-refractivity contribution is 0.211. The summed E-state index contributed by atoms with van der Waals surface area (Å²) in [6.07, 6.45) is 3.61. The molecule has 1 aromatic rings. The Kier molecular flexibility index (Phi) is 3.54. The van der Waals surface area contributed by atoms with Gasteiger partial charge in [-0.05, 0) is 18.6 Å². The van der Waals surface area contributed by atoms with Gasteiger partial charge in [0, 0.05) is 19.9 Å². The minimum atomic E-state index is 0.717. The third-order valence-electron chi connectivity index (χ3n) is 1.66. The quantitative estimate of drug-likeness (QED) is 0.687. The maximum atomic E-state index is 4.92. The van der Waals surface area contributed by atoms with Gasteiger partial charge in [-0.25, -0.2) is 0 Å². The molecule has 0 unspecified atom stereocenters. The van der Waals surface area contributed by atoms with E-state index in [9.17, 15) is 0 Å². The summed E-state index contributed by atoms with van der Waals surface area (Å²) < 4.78 is 4.92. The molecule has 0 aromatic carbocycles. The zero-order valence-corrected chi connectivity index (χ0v) is 7.50. The third-order valence-corrected chi connectivity index (χ3v) is 1.66. The summed E-state index contributed by atoms with van der Waals surface area (Å²) in [5.41, 5.74) is 2.29. The molecular formula is C9H14N2O. The summed E-state index contributed by atoms with van der Waals surface area (Å²) in [4.78, 5) is 4.02. The number of aromatic nitrogens is 1. The lowest BCUT2D eigenvalue weighted by Gasteiger charge is -2.07. The molecule has 0 aliphatic rings. The van der Waals surface area contributed by atoms with Crippen molar-refractivity contribution in [3.05, 3.63) is 24.0 Å². The first-order valence-electron chi connectivity index (χ1n) is 3.98. The van der Waals surface area contributed by atoms with Crippen LogP contribution >= 0.6 is 0 Å². The normalized spacial score (nSPS) is 9.83. The van der Waals surface area contributed by atoms with Crippen molar-refractivity contribution in [1.29, 1.82) is 0 Å². The minimum Gasteiger partial charge on any atom is -0.383 e. The van der Waals surface area contributed by atoms with E-state index in [0.29, 0.717) is 6.61 Å². The van der Waals surface area contributed by atoms with E-state index in [4.69, 9.17) is 4.74 Å². The summed E-state index contributed by atoms with van der Waals surface area (Å²) in [7, 11) is 1.69. The Labute approximate surface area is 72.8 Å². The highest BCUT2D eigenvalue weighted by molar-refractivity contribution is 5.47. The molecule has 0 saturated heterocycles. The lowest BCUT2D eigenvalue weighted by atomic mass is 10.2. The molecule has 1 rings (SSSR count). The topological polar surface area (TPSA) is 34.1 Å². The maximum Gasteiger partial charge on any atom is 0.0635 e. The molecule has 12 heavy (non-hydrogen) atoms. The second-order valence-electron chi connectivity index (χ2n) is 2.61. The molecule has 0 spiro atoms. The molecule has 66 valence electrons. The zero-order valence-electron chi connectivity index (χ0n) is 7.50. The van der Waals surface area contributed by atoms with E-state index in [1.54, 1.807) is 13.3 Å². The molecule has 0 saturated carbocycles. The van der Waals surface area contributed by atoms with Crippen LogP contribution in [0.15, 0.2) is 18.5 Å². The highest BCUT2D eigenvalue weighted by atomic mass is 16.5. The molecule has 1 aromatic heterocycles. The number of nitrogens with one attached hydrogen (secondary N) is 1. The molecule has 1 heterocycles. The molecule has 3 nitrogen and oxygen atoms in total. The second kappa shape index (κ2) is 4.72. The standard InChI is InChI=1S/C9H14N2O/c1-8-3-4-10-7-9(8)11-5-6-12-2/h3-4,7,11H,5-6H2,1-2H3. The lowest BCUT2D eigenvalue weighted by Crippen LogP contribution is -2.08.